The number of quaternary nitrogens is 1. The van der Waals surface area contributed by atoms with Crippen LogP contribution in [0.4, 0.5) is 0 Å². The second-order valence-electron chi connectivity index (χ2n) is 2.51. The molecule has 0 spiro atoms. The van der Waals surface area contributed by atoms with Crippen LogP contribution < -0.4 is 11.1 Å². The first-order valence-electron chi connectivity index (χ1n) is 3.37. The second kappa shape index (κ2) is 2.94. The lowest BCUT2D eigenvalue weighted by Crippen LogP contribution is -2.62. The molecule has 1 atom stereocenters. The first-order chi connectivity index (χ1) is 4.30. The molecule has 3 nitrogen and oxygen atoms in total. The van der Waals surface area contributed by atoms with Crippen molar-refractivity contribution in [2.75, 3.05) is 13.1 Å². The van der Waals surface area contributed by atoms with E-state index in [9.17, 15) is 4.79 Å². The highest BCUT2D eigenvalue weighted by molar-refractivity contribution is 5.67. The van der Waals surface area contributed by atoms with Crippen LogP contribution >= 0.6 is 0 Å². The quantitative estimate of drug-likeness (QED) is 0.465. The summed E-state index contributed by atoms with van der Waals surface area (Å²) < 4.78 is 0. The van der Waals surface area contributed by atoms with Gasteiger partial charge in [0.15, 0.2) is 0 Å². The van der Waals surface area contributed by atoms with Crippen LogP contribution in [0.25, 0.3) is 0 Å². The van der Waals surface area contributed by atoms with E-state index < -0.39 is 0 Å². The molecular weight excluding hydrogens is 116 g/mol. The molecular formula is C6H13N2O+. The summed E-state index contributed by atoms with van der Waals surface area (Å²) >= 11 is 0. The van der Waals surface area contributed by atoms with E-state index in [2.05, 4.69) is 11.1 Å². The van der Waals surface area contributed by atoms with Crippen LogP contribution in [0.5, 0.6) is 0 Å². The van der Waals surface area contributed by atoms with Crippen molar-refractivity contribution in [1.29, 1.82) is 0 Å². The Morgan fingerprint density at radius 1 is 1.67 bits per heavy atom. The summed E-state index contributed by atoms with van der Waals surface area (Å²) in [6.45, 7) is 1.89. The average Bonchev–Trinajstić information content (AvgIpc) is 1.90. The summed E-state index contributed by atoms with van der Waals surface area (Å²) in [5.41, 5.74) is 3.38. The Balaban J connectivity index is 2.31. The Bertz CT molecular complexity index is 108. The summed E-state index contributed by atoms with van der Waals surface area (Å²) in [5.74, 6) is 0.279. The lowest BCUT2D eigenvalue weighted by Gasteiger charge is -2.17. The molecule has 1 heterocycles. The van der Waals surface area contributed by atoms with Gasteiger partial charge in [0, 0.05) is 6.54 Å². The largest absolute Gasteiger partial charge is 0.316 e. The van der Waals surface area contributed by atoms with Crippen molar-refractivity contribution in [3.63, 3.8) is 0 Å². The molecule has 1 aliphatic rings. The number of carbonyl (C=O) groups is 1. The van der Waals surface area contributed by atoms with E-state index in [1.165, 1.54) is 0 Å². The van der Waals surface area contributed by atoms with E-state index in [0.717, 1.165) is 25.9 Å². The molecule has 3 heteroatoms. The van der Waals surface area contributed by atoms with E-state index in [0.29, 0.717) is 0 Å². The molecule has 0 aromatic heterocycles. The van der Waals surface area contributed by atoms with Crippen molar-refractivity contribution in [2.24, 2.45) is 5.92 Å². The van der Waals surface area contributed by atoms with Gasteiger partial charge in [0.25, 0.3) is 0 Å². The molecule has 0 aromatic carbocycles. The average molecular weight is 129 g/mol. The maximum atomic E-state index is 10.6. The Morgan fingerprint density at radius 2 is 2.44 bits per heavy atom. The number of rotatable bonds is 1. The smallest absolute Gasteiger partial charge is 0.313 e. The highest BCUT2D eigenvalue weighted by Crippen LogP contribution is 2.07. The van der Waals surface area contributed by atoms with Crippen molar-refractivity contribution in [3.8, 4) is 0 Å². The number of amides is 1. The summed E-state index contributed by atoms with van der Waals surface area (Å²) in [7, 11) is 0. The zero-order valence-electron chi connectivity index (χ0n) is 5.52. The molecule has 4 N–H and O–H groups in total. The standard InChI is InChI=1S/C6H12N2O/c7-6(9)5-2-1-3-8-4-5/h5,8H,1-4H2,(H2,7,9)/p+1/t5-/m1/s1. The predicted octanol–water partition coefficient (Wildman–Crippen LogP) is -1.25. The Hall–Kier alpha value is -0.410. The molecule has 0 unspecified atom stereocenters. The third-order valence-electron chi connectivity index (χ3n) is 1.75. The first-order valence-corrected chi connectivity index (χ1v) is 3.37. The molecule has 1 aliphatic heterocycles. The Labute approximate surface area is 54.6 Å². The number of nitrogens with one attached hydrogen (secondary N) is 1. The fourth-order valence-electron chi connectivity index (χ4n) is 1.13. The third kappa shape index (κ3) is 1.77. The Morgan fingerprint density at radius 3 is 2.78 bits per heavy atom. The van der Waals surface area contributed by atoms with Gasteiger partial charge in [0.05, 0.1) is 5.92 Å². The van der Waals surface area contributed by atoms with Crippen molar-refractivity contribution < 1.29 is 10.5 Å². The SMILES string of the molecule is [NH3+]C(=O)[C@@H]1CCCNC1. The molecule has 1 rings (SSSR count). The minimum atomic E-state index is 0.0854. The number of hydrogen-bond donors (Lipinski definition) is 2. The minimum absolute atomic E-state index is 0.0854. The van der Waals surface area contributed by atoms with Crippen molar-refractivity contribution in [3.05, 3.63) is 0 Å². The fourth-order valence-corrected chi connectivity index (χ4v) is 1.13. The third-order valence-corrected chi connectivity index (χ3v) is 1.75. The highest BCUT2D eigenvalue weighted by atomic mass is 16.1. The topological polar surface area (TPSA) is 56.7 Å². The molecule has 0 aromatic rings. The zero-order valence-corrected chi connectivity index (χ0v) is 5.52. The summed E-state index contributed by atoms with van der Waals surface area (Å²) in [6, 6.07) is 0. The van der Waals surface area contributed by atoms with Gasteiger partial charge in [-0.15, -0.1) is 0 Å². The normalized spacial score (nSPS) is 27.9. The van der Waals surface area contributed by atoms with Crippen molar-refractivity contribution in [1.82, 2.24) is 5.32 Å². The molecule has 52 valence electrons. The number of piperidine rings is 1. The first kappa shape index (κ1) is 6.71. The van der Waals surface area contributed by atoms with E-state index in [-0.39, 0.29) is 11.8 Å². The van der Waals surface area contributed by atoms with E-state index in [4.69, 9.17) is 0 Å². The molecule has 0 bridgehead atoms. The van der Waals surface area contributed by atoms with Gasteiger partial charge < -0.3 is 5.32 Å². The van der Waals surface area contributed by atoms with Gasteiger partial charge in [-0.25, -0.2) is 4.79 Å². The number of hydrogen-bond acceptors (Lipinski definition) is 2. The molecule has 0 radical (unpaired) electrons. The van der Waals surface area contributed by atoms with Gasteiger partial charge in [0.1, 0.15) is 0 Å². The zero-order chi connectivity index (χ0) is 6.69. The van der Waals surface area contributed by atoms with Gasteiger partial charge in [-0.3, -0.25) is 5.73 Å². The molecule has 1 amide bonds. The Kier molecular flexibility index (Phi) is 2.19. The summed E-state index contributed by atoms with van der Waals surface area (Å²) in [6.07, 6.45) is 2.14. The highest BCUT2D eigenvalue weighted by Gasteiger charge is 2.20. The van der Waals surface area contributed by atoms with Crippen LogP contribution in [0.1, 0.15) is 12.8 Å². The van der Waals surface area contributed by atoms with Crippen LogP contribution in [0, 0.1) is 5.92 Å². The van der Waals surface area contributed by atoms with Gasteiger partial charge in [0.2, 0.25) is 0 Å². The van der Waals surface area contributed by atoms with Gasteiger partial charge in [-0.1, -0.05) is 0 Å². The summed E-state index contributed by atoms with van der Waals surface area (Å²) in [5, 5.41) is 3.16. The van der Waals surface area contributed by atoms with Gasteiger partial charge in [-0.05, 0) is 19.4 Å². The lowest BCUT2D eigenvalue weighted by atomic mass is 9.99. The maximum Gasteiger partial charge on any atom is 0.313 e. The van der Waals surface area contributed by atoms with E-state index >= 15 is 0 Å². The monoisotopic (exact) mass is 129 g/mol. The van der Waals surface area contributed by atoms with Crippen LogP contribution in [-0.2, 0) is 4.79 Å². The molecule has 9 heavy (non-hydrogen) atoms. The van der Waals surface area contributed by atoms with Crippen LogP contribution in [-0.4, -0.2) is 19.0 Å². The van der Waals surface area contributed by atoms with Gasteiger partial charge in [-0.2, -0.15) is 0 Å². The molecule has 1 fully saturated rings. The molecule has 0 saturated carbocycles. The number of carbonyl (C=O) groups excluding carboxylic acids is 1. The van der Waals surface area contributed by atoms with Crippen molar-refractivity contribution in [2.45, 2.75) is 12.8 Å². The van der Waals surface area contributed by atoms with E-state index in [1.807, 2.05) is 0 Å². The second-order valence-corrected chi connectivity index (χ2v) is 2.51. The maximum absolute atomic E-state index is 10.6. The minimum Gasteiger partial charge on any atom is -0.316 e. The van der Waals surface area contributed by atoms with Crippen molar-refractivity contribution >= 4 is 5.91 Å². The molecule has 1 saturated heterocycles. The van der Waals surface area contributed by atoms with Gasteiger partial charge >= 0.3 is 5.91 Å². The van der Waals surface area contributed by atoms with Crippen LogP contribution in [0.2, 0.25) is 0 Å². The summed E-state index contributed by atoms with van der Waals surface area (Å²) in [4.78, 5) is 10.6. The van der Waals surface area contributed by atoms with Crippen LogP contribution in [0.3, 0.4) is 0 Å². The van der Waals surface area contributed by atoms with E-state index in [1.54, 1.807) is 0 Å². The predicted molar refractivity (Wildman–Crippen MR) is 33.5 cm³/mol. The molecule has 0 aliphatic carbocycles. The van der Waals surface area contributed by atoms with Crippen LogP contribution in [0.15, 0.2) is 0 Å². The fraction of sp³-hybridized carbons (Fsp3) is 0.833. The lowest BCUT2D eigenvalue weighted by molar-refractivity contribution is -0.311.